The highest BCUT2D eigenvalue weighted by Crippen LogP contribution is 2.20. The topological polar surface area (TPSA) is 53.4 Å². The van der Waals surface area contributed by atoms with E-state index in [9.17, 15) is 9.90 Å². The van der Waals surface area contributed by atoms with Crippen molar-refractivity contribution in [1.29, 1.82) is 0 Å². The van der Waals surface area contributed by atoms with Crippen molar-refractivity contribution in [1.82, 2.24) is 9.88 Å². The molecule has 1 aliphatic rings. The number of carboxylic acids is 1. The number of pyridine rings is 1. The molecule has 0 saturated carbocycles. The minimum Gasteiger partial charge on any atom is -0.480 e. The minimum absolute atomic E-state index is 0.341. The Morgan fingerprint density at radius 1 is 1.50 bits per heavy atom. The molecule has 2 heterocycles. The van der Waals surface area contributed by atoms with Crippen LogP contribution in [-0.2, 0) is 11.3 Å². The SMILES string of the molecule is Cc1ccncc1CN1CCCCCC1C(=O)O. The Morgan fingerprint density at radius 2 is 2.33 bits per heavy atom. The van der Waals surface area contributed by atoms with Crippen LogP contribution in [0.5, 0.6) is 0 Å². The highest BCUT2D eigenvalue weighted by molar-refractivity contribution is 5.73. The molecule has 2 rings (SSSR count). The molecular formula is C14H20N2O2. The summed E-state index contributed by atoms with van der Waals surface area (Å²) < 4.78 is 0. The van der Waals surface area contributed by atoms with Gasteiger partial charge in [-0.05, 0) is 43.5 Å². The number of carbonyl (C=O) groups is 1. The number of likely N-dealkylation sites (tertiary alicyclic amines) is 1. The van der Waals surface area contributed by atoms with Crippen molar-refractivity contribution in [3.05, 3.63) is 29.6 Å². The van der Waals surface area contributed by atoms with Crippen molar-refractivity contribution in [3.63, 3.8) is 0 Å². The molecule has 0 aliphatic carbocycles. The van der Waals surface area contributed by atoms with Crippen LogP contribution in [0, 0.1) is 6.92 Å². The molecule has 0 spiro atoms. The fourth-order valence-electron chi connectivity index (χ4n) is 2.52. The molecule has 1 aromatic heterocycles. The number of aryl methyl sites for hydroxylation is 1. The zero-order chi connectivity index (χ0) is 13.0. The second-order valence-corrected chi connectivity index (χ2v) is 4.98. The standard InChI is InChI=1S/C14H20N2O2/c1-11-6-7-15-9-12(11)10-16-8-4-2-3-5-13(16)14(17)18/h6-7,9,13H,2-5,8,10H2,1H3,(H,17,18). The van der Waals surface area contributed by atoms with Crippen molar-refractivity contribution in [2.75, 3.05) is 6.54 Å². The number of hydrogen-bond acceptors (Lipinski definition) is 3. The second-order valence-electron chi connectivity index (χ2n) is 4.98. The Bertz CT molecular complexity index is 420. The molecule has 1 fully saturated rings. The first-order chi connectivity index (χ1) is 8.68. The Hall–Kier alpha value is -1.42. The molecule has 0 bridgehead atoms. The highest BCUT2D eigenvalue weighted by Gasteiger charge is 2.27. The first-order valence-corrected chi connectivity index (χ1v) is 6.55. The van der Waals surface area contributed by atoms with Gasteiger partial charge in [-0.25, -0.2) is 0 Å². The summed E-state index contributed by atoms with van der Waals surface area (Å²) in [7, 11) is 0. The van der Waals surface area contributed by atoms with Crippen LogP contribution in [0.15, 0.2) is 18.5 Å². The monoisotopic (exact) mass is 248 g/mol. The number of hydrogen-bond donors (Lipinski definition) is 1. The van der Waals surface area contributed by atoms with Gasteiger partial charge in [0.2, 0.25) is 0 Å². The predicted octanol–water partition coefficient (Wildman–Crippen LogP) is 2.22. The molecule has 4 heteroatoms. The van der Waals surface area contributed by atoms with Crippen LogP contribution in [-0.4, -0.2) is 33.5 Å². The summed E-state index contributed by atoms with van der Waals surface area (Å²) in [5, 5.41) is 9.32. The molecule has 1 N–H and O–H groups in total. The van der Waals surface area contributed by atoms with Crippen LogP contribution < -0.4 is 0 Å². The van der Waals surface area contributed by atoms with Crippen LogP contribution in [0.1, 0.15) is 36.8 Å². The van der Waals surface area contributed by atoms with E-state index >= 15 is 0 Å². The molecule has 18 heavy (non-hydrogen) atoms. The van der Waals surface area contributed by atoms with Crippen molar-refractivity contribution < 1.29 is 9.90 Å². The van der Waals surface area contributed by atoms with Crippen molar-refractivity contribution in [3.8, 4) is 0 Å². The molecule has 0 radical (unpaired) electrons. The van der Waals surface area contributed by atoms with Crippen molar-refractivity contribution in [2.45, 2.75) is 45.2 Å². The molecule has 0 amide bonds. The molecule has 1 aromatic rings. The summed E-state index contributed by atoms with van der Waals surface area (Å²) in [6, 6.07) is 1.63. The predicted molar refractivity (Wildman–Crippen MR) is 69.3 cm³/mol. The van der Waals surface area contributed by atoms with E-state index in [-0.39, 0.29) is 6.04 Å². The van der Waals surface area contributed by atoms with Crippen LogP contribution in [0.25, 0.3) is 0 Å². The summed E-state index contributed by atoms with van der Waals surface area (Å²) in [5.74, 6) is -0.696. The number of nitrogens with zero attached hydrogens (tertiary/aromatic N) is 2. The van der Waals surface area contributed by atoms with E-state index in [2.05, 4.69) is 9.88 Å². The largest absolute Gasteiger partial charge is 0.480 e. The maximum Gasteiger partial charge on any atom is 0.320 e. The fraction of sp³-hybridized carbons (Fsp3) is 0.571. The third-order valence-electron chi connectivity index (χ3n) is 3.67. The van der Waals surface area contributed by atoms with Crippen LogP contribution >= 0.6 is 0 Å². The average Bonchev–Trinajstić information content (AvgIpc) is 2.57. The van der Waals surface area contributed by atoms with Crippen molar-refractivity contribution >= 4 is 5.97 Å². The smallest absolute Gasteiger partial charge is 0.320 e. The number of carboxylic acid groups (broad SMARTS) is 1. The van der Waals surface area contributed by atoms with Crippen LogP contribution in [0.4, 0.5) is 0 Å². The van der Waals surface area contributed by atoms with Gasteiger partial charge in [0.1, 0.15) is 6.04 Å². The zero-order valence-electron chi connectivity index (χ0n) is 10.8. The first-order valence-electron chi connectivity index (χ1n) is 6.55. The molecule has 1 aliphatic heterocycles. The Labute approximate surface area is 108 Å². The highest BCUT2D eigenvalue weighted by atomic mass is 16.4. The van der Waals surface area contributed by atoms with Gasteiger partial charge in [-0.1, -0.05) is 12.8 Å². The summed E-state index contributed by atoms with van der Waals surface area (Å²) >= 11 is 0. The quantitative estimate of drug-likeness (QED) is 0.891. The van der Waals surface area contributed by atoms with E-state index in [1.807, 2.05) is 19.2 Å². The van der Waals surface area contributed by atoms with Gasteiger partial charge in [-0.2, -0.15) is 0 Å². The van der Waals surface area contributed by atoms with Gasteiger partial charge in [0.25, 0.3) is 0 Å². The zero-order valence-corrected chi connectivity index (χ0v) is 10.8. The van der Waals surface area contributed by atoms with Gasteiger partial charge < -0.3 is 5.11 Å². The number of aliphatic carboxylic acids is 1. The van der Waals surface area contributed by atoms with E-state index in [0.717, 1.165) is 37.8 Å². The lowest BCUT2D eigenvalue weighted by Gasteiger charge is -2.27. The summed E-state index contributed by atoms with van der Waals surface area (Å²) in [5.41, 5.74) is 2.31. The lowest BCUT2D eigenvalue weighted by Crippen LogP contribution is -2.40. The van der Waals surface area contributed by atoms with Crippen LogP contribution in [0.3, 0.4) is 0 Å². The van der Waals surface area contributed by atoms with Gasteiger partial charge in [-0.15, -0.1) is 0 Å². The van der Waals surface area contributed by atoms with E-state index in [0.29, 0.717) is 6.54 Å². The third-order valence-corrected chi connectivity index (χ3v) is 3.67. The number of rotatable bonds is 3. The first kappa shape index (κ1) is 13.0. The Morgan fingerprint density at radius 3 is 3.06 bits per heavy atom. The Balaban J connectivity index is 2.14. The maximum atomic E-state index is 11.3. The third kappa shape index (κ3) is 3.07. The van der Waals surface area contributed by atoms with E-state index in [1.165, 1.54) is 5.56 Å². The molecule has 1 atom stereocenters. The lowest BCUT2D eigenvalue weighted by molar-refractivity contribution is -0.143. The lowest BCUT2D eigenvalue weighted by atomic mass is 10.1. The fourth-order valence-corrected chi connectivity index (χ4v) is 2.52. The average molecular weight is 248 g/mol. The van der Waals surface area contributed by atoms with Crippen LogP contribution in [0.2, 0.25) is 0 Å². The second kappa shape index (κ2) is 5.96. The molecule has 1 unspecified atom stereocenters. The molecule has 98 valence electrons. The van der Waals surface area contributed by atoms with Crippen molar-refractivity contribution in [2.24, 2.45) is 0 Å². The van der Waals surface area contributed by atoms with Gasteiger partial charge in [0, 0.05) is 18.9 Å². The van der Waals surface area contributed by atoms with Gasteiger partial charge in [0.15, 0.2) is 0 Å². The van der Waals surface area contributed by atoms with E-state index < -0.39 is 5.97 Å². The Kier molecular flexibility index (Phi) is 4.31. The van der Waals surface area contributed by atoms with Gasteiger partial charge in [0.05, 0.1) is 0 Å². The molecule has 4 nitrogen and oxygen atoms in total. The molecule has 0 aromatic carbocycles. The summed E-state index contributed by atoms with van der Waals surface area (Å²) in [4.78, 5) is 17.5. The van der Waals surface area contributed by atoms with Gasteiger partial charge >= 0.3 is 5.97 Å². The van der Waals surface area contributed by atoms with E-state index in [4.69, 9.17) is 0 Å². The molecule has 1 saturated heterocycles. The number of aromatic nitrogens is 1. The van der Waals surface area contributed by atoms with Gasteiger partial charge in [-0.3, -0.25) is 14.7 Å². The normalized spacial score (nSPS) is 21.5. The summed E-state index contributed by atoms with van der Waals surface area (Å²) in [6.07, 6.45) is 7.61. The minimum atomic E-state index is -0.696. The summed E-state index contributed by atoms with van der Waals surface area (Å²) in [6.45, 7) is 3.60. The van der Waals surface area contributed by atoms with E-state index in [1.54, 1.807) is 6.20 Å². The maximum absolute atomic E-state index is 11.3. The molecular weight excluding hydrogens is 228 g/mol.